The van der Waals surface area contributed by atoms with Crippen molar-refractivity contribution in [2.24, 2.45) is 5.41 Å². The van der Waals surface area contributed by atoms with Gasteiger partial charge in [-0.2, -0.15) is 0 Å². The third-order valence-corrected chi connectivity index (χ3v) is 5.51. The number of piperazine rings is 1. The van der Waals surface area contributed by atoms with Gasteiger partial charge in [-0.3, -0.25) is 9.59 Å². The van der Waals surface area contributed by atoms with Gasteiger partial charge in [0.15, 0.2) is 0 Å². The van der Waals surface area contributed by atoms with E-state index in [1.807, 2.05) is 55.1 Å². The molecule has 1 heterocycles. The van der Waals surface area contributed by atoms with Crippen molar-refractivity contribution in [1.29, 1.82) is 0 Å². The van der Waals surface area contributed by atoms with Gasteiger partial charge in [0.25, 0.3) is 0 Å². The lowest BCUT2D eigenvalue weighted by molar-refractivity contribution is -0.146. The molecular weight excluding hydrogens is 350 g/mol. The number of amides is 2. The van der Waals surface area contributed by atoms with Gasteiger partial charge < -0.3 is 15.1 Å². The second-order valence-corrected chi connectivity index (χ2v) is 7.96. The maximum absolute atomic E-state index is 13.1. The predicted molar refractivity (Wildman–Crippen MR) is 114 cm³/mol. The number of carbonyl (C=O) groups excluding carboxylic acids is 2. The van der Waals surface area contributed by atoms with Crippen LogP contribution in [-0.2, 0) is 9.59 Å². The zero-order chi connectivity index (χ0) is 20.3. The lowest BCUT2D eigenvalue weighted by Gasteiger charge is -2.39. The fourth-order valence-electron chi connectivity index (χ4n) is 3.58. The smallest absolute Gasteiger partial charge is 0.239 e. The standard InChI is InChI=1S/C23H29N3O2/c1-17-9-8-10-18(2)20(17)24-21(27)23(3,4)22(28)26-15-13-25(14-16-26)19-11-6-5-7-12-19/h5-12H,13-16H2,1-4H3,(H,24,27). The minimum Gasteiger partial charge on any atom is -0.368 e. The van der Waals surface area contributed by atoms with E-state index in [2.05, 4.69) is 22.3 Å². The molecule has 0 unspecified atom stereocenters. The number of para-hydroxylation sites is 2. The van der Waals surface area contributed by atoms with Crippen LogP contribution in [0.15, 0.2) is 48.5 Å². The van der Waals surface area contributed by atoms with Crippen molar-refractivity contribution in [3.8, 4) is 0 Å². The second kappa shape index (κ2) is 8.05. The summed E-state index contributed by atoms with van der Waals surface area (Å²) >= 11 is 0. The molecule has 1 aliphatic rings. The van der Waals surface area contributed by atoms with E-state index in [0.29, 0.717) is 13.1 Å². The summed E-state index contributed by atoms with van der Waals surface area (Å²) in [5.41, 5.74) is 2.83. The highest BCUT2D eigenvalue weighted by molar-refractivity contribution is 6.10. The van der Waals surface area contributed by atoms with Crippen molar-refractivity contribution in [3.63, 3.8) is 0 Å². The van der Waals surface area contributed by atoms with Gasteiger partial charge in [0.2, 0.25) is 11.8 Å². The van der Waals surface area contributed by atoms with Gasteiger partial charge in [0.05, 0.1) is 0 Å². The molecule has 28 heavy (non-hydrogen) atoms. The first-order valence-corrected chi connectivity index (χ1v) is 9.78. The van der Waals surface area contributed by atoms with Crippen molar-refractivity contribution in [2.75, 3.05) is 36.4 Å². The zero-order valence-electron chi connectivity index (χ0n) is 17.2. The Morgan fingerprint density at radius 1 is 0.857 bits per heavy atom. The van der Waals surface area contributed by atoms with E-state index in [0.717, 1.165) is 29.9 Å². The largest absolute Gasteiger partial charge is 0.368 e. The maximum Gasteiger partial charge on any atom is 0.239 e. The molecule has 0 radical (unpaired) electrons. The van der Waals surface area contributed by atoms with Crippen molar-refractivity contribution >= 4 is 23.2 Å². The molecule has 0 aliphatic carbocycles. The fraction of sp³-hybridized carbons (Fsp3) is 0.391. The molecule has 1 fully saturated rings. The van der Waals surface area contributed by atoms with Crippen LogP contribution < -0.4 is 10.2 Å². The number of rotatable bonds is 4. The quantitative estimate of drug-likeness (QED) is 0.826. The van der Waals surface area contributed by atoms with Gasteiger partial charge >= 0.3 is 0 Å². The normalized spacial score (nSPS) is 14.7. The molecule has 0 aromatic heterocycles. The van der Waals surface area contributed by atoms with E-state index in [-0.39, 0.29) is 11.8 Å². The van der Waals surface area contributed by atoms with Gasteiger partial charge in [0, 0.05) is 37.6 Å². The van der Waals surface area contributed by atoms with Crippen LogP contribution in [0.3, 0.4) is 0 Å². The molecule has 2 aromatic carbocycles. The van der Waals surface area contributed by atoms with E-state index in [1.165, 1.54) is 5.69 Å². The molecule has 1 N–H and O–H groups in total. The first-order chi connectivity index (χ1) is 13.3. The molecule has 0 saturated carbocycles. The Labute approximate surface area is 167 Å². The van der Waals surface area contributed by atoms with E-state index in [4.69, 9.17) is 0 Å². The molecule has 2 amide bonds. The summed E-state index contributed by atoms with van der Waals surface area (Å²) in [7, 11) is 0. The van der Waals surface area contributed by atoms with Gasteiger partial charge in [-0.25, -0.2) is 0 Å². The van der Waals surface area contributed by atoms with E-state index in [1.54, 1.807) is 13.8 Å². The number of hydrogen-bond acceptors (Lipinski definition) is 3. The molecular formula is C23H29N3O2. The molecule has 148 valence electrons. The summed E-state index contributed by atoms with van der Waals surface area (Å²) in [6.45, 7) is 10.1. The Balaban J connectivity index is 1.65. The average molecular weight is 380 g/mol. The van der Waals surface area contributed by atoms with Crippen LogP contribution in [0.1, 0.15) is 25.0 Å². The van der Waals surface area contributed by atoms with Crippen molar-refractivity contribution in [2.45, 2.75) is 27.7 Å². The molecule has 5 nitrogen and oxygen atoms in total. The highest BCUT2D eigenvalue weighted by atomic mass is 16.2. The highest BCUT2D eigenvalue weighted by Gasteiger charge is 2.40. The van der Waals surface area contributed by atoms with Gasteiger partial charge in [0.1, 0.15) is 5.41 Å². The summed E-state index contributed by atoms with van der Waals surface area (Å²) in [5, 5.41) is 2.98. The topological polar surface area (TPSA) is 52.7 Å². The Morgan fingerprint density at radius 3 is 2.00 bits per heavy atom. The lowest BCUT2D eigenvalue weighted by atomic mass is 9.89. The number of anilines is 2. The first-order valence-electron chi connectivity index (χ1n) is 9.78. The fourth-order valence-corrected chi connectivity index (χ4v) is 3.58. The van der Waals surface area contributed by atoms with Gasteiger partial charge in [-0.1, -0.05) is 36.4 Å². The second-order valence-electron chi connectivity index (χ2n) is 7.96. The van der Waals surface area contributed by atoms with E-state index < -0.39 is 5.41 Å². The minimum atomic E-state index is -1.12. The number of nitrogens with zero attached hydrogens (tertiary/aromatic N) is 2. The molecule has 0 bridgehead atoms. The number of aryl methyl sites for hydroxylation is 2. The van der Waals surface area contributed by atoms with Gasteiger partial charge in [-0.15, -0.1) is 0 Å². The van der Waals surface area contributed by atoms with Crippen LogP contribution in [0.5, 0.6) is 0 Å². The molecule has 0 spiro atoms. The monoisotopic (exact) mass is 379 g/mol. The number of nitrogens with one attached hydrogen (secondary N) is 1. The first kappa shape index (κ1) is 19.9. The number of hydrogen-bond donors (Lipinski definition) is 1. The van der Waals surface area contributed by atoms with Crippen LogP contribution in [-0.4, -0.2) is 42.9 Å². The van der Waals surface area contributed by atoms with Crippen LogP contribution in [0, 0.1) is 19.3 Å². The van der Waals surface area contributed by atoms with Gasteiger partial charge in [-0.05, 0) is 51.0 Å². The van der Waals surface area contributed by atoms with E-state index in [9.17, 15) is 9.59 Å². The molecule has 2 aromatic rings. The summed E-state index contributed by atoms with van der Waals surface area (Å²) in [6, 6.07) is 16.1. The van der Waals surface area contributed by atoms with Crippen LogP contribution in [0.2, 0.25) is 0 Å². The Kier molecular flexibility index (Phi) is 5.73. The van der Waals surface area contributed by atoms with E-state index >= 15 is 0 Å². The highest BCUT2D eigenvalue weighted by Crippen LogP contribution is 2.26. The molecule has 0 atom stereocenters. The molecule has 5 heteroatoms. The summed E-state index contributed by atoms with van der Waals surface area (Å²) in [4.78, 5) is 30.1. The maximum atomic E-state index is 13.1. The summed E-state index contributed by atoms with van der Waals surface area (Å²) in [5.74, 6) is -0.385. The van der Waals surface area contributed by atoms with Crippen LogP contribution in [0.4, 0.5) is 11.4 Å². The zero-order valence-corrected chi connectivity index (χ0v) is 17.2. The van der Waals surface area contributed by atoms with Crippen LogP contribution in [0.25, 0.3) is 0 Å². The molecule has 3 rings (SSSR count). The predicted octanol–water partition coefficient (Wildman–Crippen LogP) is 3.62. The number of benzene rings is 2. The van der Waals surface area contributed by atoms with Crippen molar-refractivity contribution in [3.05, 3.63) is 59.7 Å². The van der Waals surface area contributed by atoms with Crippen molar-refractivity contribution < 1.29 is 9.59 Å². The van der Waals surface area contributed by atoms with Crippen LogP contribution >= 0.6 is 0 Å². The Morgan fingerprint density at radius 2 is 1.43 bits per heavy atom. The minimum absolute atomic E-state index is 0.121. The molecule has 1 aliphatic heterocycles. The number of carbonyl (C=O) groups is 2. The Bertz CT molecular complexity index is 833. The molecule has 1 saturated heterocycles. The summed E-state index contributed by atoms with van der Waals surface area (Å²) in [6.07, 6.45) is 0. The average Bonchev–Trinajstić information content (AvgIpc) is 2.71. The summed E-state index contributed by atoms with van der Waals surface area (Å²) < 4.78 is 0. The third-order valence-electron chi connectivity index (χ3n) is 5.51. The SMILES string of the molecule is Cc1cccc(C)c1NC(=O)C(C)(C)C(=O)N1CCN(c2ccccc2)CC1. The lowest BCUT2D eigenvalue weighted by Crippen LogP contribution is -2.54. The third kappa shape index (κ3) is 4.03. The Hall–Kier alpha value is -2.82. The van der Waals surface area contributed by atoms with Crippen molar-refractivity contribution in [1.82, 2.24) is 4.90 Å².